The third-order valence-corrected chi connectivity index (χ3v) is 8.13. The number of hydrogen-bond acceptors (Lipinski definition) is 3. The Hall–Kier alpha value is -4.38. The average Bonchev–Trinajstić information content (AvgIpc) is 3.03. The normalized spacial score (nSPS) is 12.8. The van der Waals surface area contributed by atoms with Crippen LogP contribution in [0.1, 0.15) is 33.4 Å². The van der Waals surface area contributed by atoms with E-state index in [4.69, 9.17) is 9.47 Å². The van der Waals surface area contributed by atoms with Crippen LogP contribution in [0, 0.1) is 6.92 Å². The van der Waals surface area contributed by atoms with Gasteiger partial charge in [-0.15, -0.1) is 0 Å². The van der Waals surface area contributed by atoms with E-state index in [0.29, 0.717) is 31.1 Å². The fraction of sp³-hybridized carbons (Fsp3) is 0.184. The van der Waals surface area contributed by atoms with E-state index in [1.54, 1.807) is 0 Å². The van der Waals surface area contributed by atoms with Crippen molar-refractivity contribution in [3.05, 3.63) is 167 Å². The molecule has 0 radical (unpaired) electrons. The first kappa shape index (κ1) is 30.1. The molecular formula is C38H36ClNO3. The third-order valence-electron chi connectivity index (χ3n) is 8.13. The van der Waals surface area contributed by atoms with Crippen molar-refractivity contribution in [1.82, 2.24) is 0 Å². The summed E-state index contributed by atoms with van der Waals surface area (Å²) in [5.74, 6) is 1.14. The number of nitrogens with one attached hydrogen (secondary N) is 1. The van der Waals surface area contributed by atoms with Gasteiger partial charge in [-0.1, -0.05) is 127 Å². The summed E-state index contributed by atoms with van der Waals surface area (Å²) in [6.45, 7) is 4.78. The van der Waals surface area contributed by atoms with Gasteiger partial charge >= 0.3 is 5.97 Å². The van der Waals surface area contributed by atoms with Gasteiger partial charge < -0.3 is 26.8 Å². The Morgan fingerprint density at radius 2 is 1.14 bits per heavy atom. The molecule has 0 unspecified atom stereocenters. The Labute approximate surface area is 260 Å². The number of esters is 1. The number of fused-ring (bicyclic) bond motifs is 2. The molecule has 43 heavy (non-hydrogen) atoms. The largest absolute Gasteiger partial charge is 1.00 e. The molecule has 0 fully saturated rings. The first-order chi connectivity index (χ1) is 20.6. The minimum Gasteiger partial charge on any atom is -1.00 e. The Balaban J connectivity index is 0.00000368. The number of ether oxygens (including phenoxy) is 2. The molecule has 0 aromatic heterocycles. The first-order valence-corrected chi connectivity index (χ1v) is 14.6. The van der Waals surface area contributed by atoms with Crippen LogP contribution in [0.4, 0.5) is 0 Å². The van der Waals surface area contributed by atoms with E-state index in [1.165, 1.54) is 21.6 Å². The lowest BCUT2D eigenvalue weighted by Gasteiger charge is -2.38. The predicted octanol–water partition coefficient (Wildman–Crippen LogP) is 3.46. The number of benzene rings is 5. The topological polar surface area (TPSA) is 40.0 Å². The molecule has 5 aromatic rings. The summed E-state index contributed by atoms with van der Waals surface area (Å²) in [6, 6.07) is 45.1. The first-order valence-electron chi connectivity index (χ1n) is 14.6. The number of carbonyl (C=O) groups excluding carboxylic acids is 1. The third kappa shape index (κ3) is 6.67. The smallest absolute Gasteiger partial charge is 0.321 e. The van der Waals surface area contributed by atoms with Gasteiger partial charge in [-0.3, -0.25) is 4.79 Å². The Morgan fingerprint density at radius 1 is 0.651 bits per heavy atom. The Morgan fingerprint density at radius 3 is 1.67 bits per heavy atom. The number of rotatable bonds is 10. The average molecular weight is 590 g/mol. The van der Waals surface area contributed by atoms with Gasteiger partial charge in [-0.25, -0.2) is 0 Å². The second kappa shape index (κ2) is 13.7. The van der Waals surface area contributed by atoms with Crippen LogP contribution in [0.5, 0.6) is 11.5 Å². The highest BCUT2D eigenvalue weighted by atomic mass is 35.5. The van der Waals surface area contributed by atoms with Gasteiger partial charge in [0.15, 0.2) is 0 Å². The van der Waals surface area contributed by atoms with E-state index in [9.17, 15) is 4.79 Å². The molecule has 0 atom stereocenters. The zero-order valence-electron chi connectivity index (χ0n) is 24.3. The van der Waals surface area contributed by atoms with Crippen molar-refractivity contribution in [2.75, 3.05) is 13.2 Å². The van der Waals surface area contributed by atoms with Gasteiger partial charge in [0.2, 0.25) is 0 Å². The van der Waals surface area contributed by atoms with Crippen LogP contribution in [-0.2, 0) is 34.5 Å². The van der Waals surface area contributed by atoms with Gasteiger partial charge in [-0.05, 0) is 31.0 Å². The predicted molar refractivity (Wildman–Crippen MR) is 166 cm³/mol. The zero-order chi connectivity index (χ0) is 28.8. The fourth-order valence-corrected chi connectivity index (χ4v) is 5.99. The number of quaternary nitrogens is 1. The summed E-state index contributed by atoms with van der Waals surface area (Å²) in [7, 11) is 0. The number of para-hydroxylation sites is 2. The van der Waals surface area contributed by atoms with Crippen LogP contribution in [0.3, 0.4) is 0 Å². The van der Waals surface area contributed by atoms with Crippen molar-refractivity contribution in [1.29, 1.82) is 0 Å². The van der Waals surface area contributed by atoms with Gasteiger partial charge in [0, 0.05) is 22.3 Å². The molecule has 4 nitrogen and oxygen atoms in total. The van der Waals surface area contributed by atoms with Crippen LogP contribution in [-0.4, -0.2) is 19.1 Å². The molecule has 0 bridgehead atoms. The maximum atomic E-state index is 14.5. The number of aryl methyl sites for hydroxylation is 1. The number of halogens is 1. The highest BCUT2D eigenvalue weighted by Gasteiger charge is 2.49. The molecular weight excluding hydrogens is 554 g/mol. The van der Waals surface area contributed by atoms with Crippen molar-refractivity contribution in [2.45, 2.75) is 31.8 Å². The van der Waals surface area contributed by atoms with E-state index in [2.05, 4.69) is 79.7 Å². The standard InChI is InChI=1S/C38H35NO3.ClH/c1-29-20-22-30(23-21-29)26-38(33-16-8-10-18-35(33)42-36-19-11-9-17-34(36)38)37(40)41-25-24-39(27-31-12-4-2-5-13-31)28-32-14-6-3-7-15-32;/h2-23H,24-28H2,1H3;1H. The fourth-order valence-electron chi connectivity index (χ4n) is 5.99. The lowest BCUT2D eigenvalue weighted by atomic mass is 9.68. The minimum atomic E-state index is -1.03. The minimum absolute atomic E-state index is 0. The maximum Gasteiger partial charge on any atom is 0.321 e. The second-order valence-corrected chi connectivity index (χ2v) is 11.1. The van der Waals surface area contributed by atoms with Crippen LogP contribution in [0.25, 0.3) is 0 Å². The van der Waals surface area contributed by atoms with E-state index in [1.807, 2.05) is 60.7 Å². The summed E-state index contributed by atoms with van der Waals surface area (Å²) >= 11 is 0. The molecule has 1 heterocycles. The maximum absolute atomic E-state index is 14.5. The lowest BCUT2D eigenvalue weighted by Crippen LogP contribution is -3.10. The molecule has 0 aliphatic carbocycles. The molecule has 218 valence electrons. The molecule has 5 heteroatoms. The Bertz CT molecular complexity index is 1550. The van der Waals surface area contributed by atoms with Crippen LogP contribution in [0.2, 0.25) is 0 Å². The highest BCUT2D eigenvalue weighted by Crippen LogP contribution is 2.50. The molecule has 1 aliphatic rings. The molecule has 0 saturated heterocycles. The summed E-state index contributed by atoms with van der Waals surface area (Å²) in [4.78, 5) is 15.9. The van der Waals surface area contributed by atoms with Gasteiger partial charge in [0.1, 0.15) is 43.2 Å². The SMILES string of the molecule is Cc1ccc(CC2(C(=O)OCC[NH+](Cc3ccccc3)Cc3ccccc3)c3ccccc3Oc3ccccc32)cc1.[Cl-]. The Kier molecular flexibility index (Phi) is 9.61. The van der Waals surface area contributed by atoms with Crippen LogP contribution in [0.15, 0.2) is 133 Å². The zero-order valence-corrected chi connectivity index (χ0v) is 25.1. The van der Waals surface area contributed by atoms with Crippen LogP contribution < -0.4 is 22.0 Å². The molecule has 0 spiro atoms. The van der Waals surface area contributed by atoms with Crippen molar-refractivity contribution in [2.24, 2.45) is 0 Å². The highest BCUT2D eigenvalue weighted by molar-refractivity contribution is 5.91. The molecule has 0 amide bonds. The number of hydrogen-bond donors (Lipinski definition) is 1. The van der Waals surface area contributed by atoms with Crippen molar-refractivity contribution in [3.63, 3.8) is 0 Å². The molecule has 1 N–H and O–H groups in total. The van der Waals surface area contributed by atoms with Crippen LogP contribution >= 0.6 is 0 Å². The van der Waals surface area contributed by atoms with E-state index >= 15 is 0 Å². The van der Waals surface area contributed by atoms with Crippen molar-refractivity contribution < 1.29 is 31.6 Å². The van der Waals surface area contributed by atoms with Crippen molar-refractivity contribution >= 4 is 5.97 Å². The van der Waals surface area contributed by atoms with Gasteiger partial charge in [-0.2, -0.15) is 0 Å². The molecule has 0 saturated carbocycles. The summed E-state index contributed by atoms with van der Waals surface area (Å²) < 4.78 is 12.6. The summed E-state index contributed by atoms with van der Waals surface area (Å²) in [5.41, 5.74) is 5.43. The molecule has 1 aliphatic heterocycles. The second-order valence-electron chi connectivity index (χ2n) is 11.1. The van der Waals surface area contributed by atoms with Gasteiger partial charge in [0.25, 0.3) is 0 Å². The summed E-state index contributed by atoms with van der Waals surface area (Å²) in [5, 5.41) is 0. The molecule has 6 rings (SSSR count). The van der Waals surface area contributed by atoms with E-state index in [0.717, 1.165) is 29.8 Å². The van der Waals surface area contributed by atoms with E-state index < -0.39 is 5.41 Å². The lowest BCUT2D eigenvalue weighted by molar-refractivity contribution is -0.927. The van der Waals surface area contributed by atoms with E-state index in [-0.39, 0.29) is 18.4 Å². The van der Waals surface area contributed by atoms with Crippen molar-refractivity contribution in [3.8, 4) is 11.5 Å². The molecule has 5 aromatic carbocycles. The monoisotopic (exact) mass is 589 g/mol. The number of carbonyl (C=O) groups is 1. The quantitative estimate of drug-likeness (QED) is 0.254. The summed E-state index contributed by atoms with van der Waals surface area (Å²) in [6.07, 6.45) is 0.480. The van der Waals surface area contributed by atoms with Gasteiger partial charge in [0.05, 0.1) is 0 Å².